The highest BCUT2D eigenvalue weighted by Gasteiger charge is 2.30. The molecule has 174 valence electrons. The minimum Gasteiger partial charge on any atom is -0.354 e. The van der Waals surface area contributed by atoms with Gasteiger partial charge >= 0.3 is 0 Å². The Hall–Kier alpha value is -2.10. The fraction of sp³-hybridized carbons (Fsp3) is 0.364. The van der Waals surface area contributed by atoms with E-state index in [9.17, 15) is 18.0 Å². The van der Waals surface area contributed by atoms with E-state index in [1.165, 1.54) is 4.90 Å². The zero-order chi connectivity index (χ0) is 23.9. The van der Waals surface area contributed by atoms with Gasteiger partial charge in [0.1, 0.15) is 12.6 Å². The molecule has 2 aromatic rings. The van der Waals surface area contributed by atoms with Crippen molar-refractivity contribution in [1.82, 2.24) is 10.2 Å². The lowest BCUT2D eigenvalue weighted by Crippen LogP contribution is -2.51. The molecular formula is C22H27BrClN3O4S. The fourth-order valence-electron chi connectivity index (χ4n) is 3.04. The van der Waals surface area contributed by atoms with Gasteiger partial charge in [-0.2, -0.15) is 0 Å². The second kappa shape index (κ2) is 11.7. The van der Waals surface area contributed by atoms with Crippen LogP contribution in [-0.2, 0) is 26.2 Å². The first-order valence-electron chi connectivity index (χ1n) is 10.1. The fourth-order valence-corrected chi connectivity index (χ4v) is 4.71. The first kappa shape index (κ1) is 26.2. The molecule has 0 spiro atoms. The Balaban J connectivity index is 2.40. The van der Waals surface area contributed by atoms with Crippen molar-refractivity contribution in [3.05, 3.63) is 63.6 Å². The van der Waals surface area contributed by atoms with E-state index >= 15 is 0 Å². The summed E-state index contributed by atoms with van der Waals surface area (Å²) in [6, 6.07) is 12.9. The third kappa shape index (κ3) is 6.95. The van der Waals surface area contributed by atoms with E-state index in [2.05, 4.69) is 21.2 Å². The van der Waals surface area contributed by atoms with Crippen LogP contribution in [0.25, 0.3) is 0 Å². The number of anilines is 1. The number of halogens is 2. The summed E-state index contributed by atoms with van der Waals surface area (Å²) in [7, 11) is -3.78. The lowest BCUT2D eigenvalue weighted by atomic mass is 10.1. The number of nitrogens with one attached hydrogen (secondary N) is 1. The van der Waals surface area contributed by atoms with Gasteiger partial charge in [-0.25, -0.2) is 8.42 Å². The maximum absolute atomic E-state index is 13.4. The quantitative estimate of drug-likeness (QED) is 0.493. The summed E-state index contributed by atoms with van der Waals surface area (Å²) in [4.78, 5) is 27.4. The van der Waals surface area contributed by atoms with Crippen LogP contribution in [0.2, 0.25) is 5.02 Å². The maximum atomic E-state index is 13.4. The predicted molar refractivity (Wildman–Crippen MR) is 131 cm³/mol. The Morgan fingerprint density at radius 3 is 2.34 bits per heavy atom. The summed E-state index contributed by atoms with van der Waals surface area (Å²) in [5, 5.41) is 3.24. The molecule has 0 saturated carbocycles. The van der Waals surface area contributed by atoms with Crippen LogP contribution in [-0.4, -0.2) is 50.5 Å². The Bertz CT molecular complexity index is 1060. The average Bonchev–Trinajstić information content (AvgIpc) is 2.74. The van der Waals surface area contributed by atoms with Crippen molar-refractivity contribution in [2.24, 2.45) is 0 Å². The Kier molecular flexibility index (Phi) is 9.54. The number of para-hydroxylation sites is 1. The van der Waals surface area contributed by atoms with Crippen molar-refractivity contribution >= 4 is 55.1 Å². The van der Waals surface area contributed by atoms with Gasteiger partial charge in [-0.15, -0.1) is 0 Å². The second-order valence-corrected chi connectivity index (χ2v) is 10.5. The number of carbonyl (C=O) groups excluding carboxylic acids is 2. The van der Waals surface area contributed by atoms with Crippen molar-refractivity contribution in [2.45, 2.75) is 32.9 Å². The van der Waals surface area contributed by atoms with Gasteiger partial charge in [0, 0.05) is 22.6 Å². The first-order chi connectivity index (χ1) is 15.1. The molecule has 0 bridgehead atoms. The average molecular weight is 545 g/mol. The van der Waals surface area contributed by atoms with Crippen LogP contribution in [0.1, 0.15) is 25.8 Å². The van der Waals surface area contributed by atoms with Crippen molar-refractivity contribution in [2.75, 3.05) is 23.7 Å². The summed E-state index contributed by atoms with van der Waals surface area (Å²) >= 11 is 9.63. The van der Waals surface area contributed by atoms with Gasteiger partial charge in [0.05, 0.1) is 11.9 Å². The number of hydrogen-bond donors (Lipinski definition) is 1. The molecular weight excluding hydrogens is 518 g/mol. The van der Waals surface area contributed by atoms with Gasteiger partial charge in [0.25, 0.3) is 0 Å². The van der Waals surface area contributed by atoms with Crippen LogP contribution in [0.15, 0.2) is 53.0 Å². The first-order valence-corrected chi connectivity index (χ1v) is 13.1. The summed E-state index contributed by atoms with van der Waals surface area (Å²) in [5.74, 6) is -0.843. The van der Waals surface area contributed by atoms with E-state index in [1.54, 1.807) is 55.5 Å². The van der Waals surface area contributed by atoms with E-state index in [0.29, 0.717) is 27.3 Å². The molecule has 0 saturated heterocycles. The minimum atomic E-state index is -3.78. The highest BCUT2D eigenvalue weighted by atomic mass is 79.9. The molecule has 0 aromatic heterocycles. The number of benzene rings is 2. The van der Waals surface area contributed by atoms with Gasteiger partial charge in [-0.05, 0) is 53.0 Å². The zero-order valence-electron chi connectivity index (χ0n) is 18.2. The predicted octanol–water partition coefficient (Wildman–Crippen LogP) is 3.81. The SMILES string of the molecule is CCCNC(=O)[C@H](C)N(Cc1ccccc1Cl)C(=O)CN(c1ccccc1Br)S(C)(=O)=O. The molecule has 7 nitrogen and oxygen atoms in total. The Morgan fingerprint density at radius 1 is 1.12 bits per heavy atom. The van der Waals surface area contributed by atoms with Crippen LogP contribution in [0, 0.1) is 0 Å². The van der Waals surface area contributed by atoms with Crippen LogP contribution in [0.3, 0.4) is 0 Å². The molecule has 1 N–H and O–H groups in total. The molecule has 0 heterocycles. The van der Waals surface area contributed by atoms with Crippen molar-refractivity contribution in [3.63, 3.8) is 0 Å². The summed E-state index contributed by atoms with van der Waals surface area (Å²) < 4.78 is 26.6. The molecule has 10 heteroatoms. The number of sulfonamides is 1. The topological polar surface area (TPSA) is 86.8 Å². The number of amides is 2. The molecule has 2 aromatic carbocycles. The summed E-state index contributed by atoms with van der Waals surface area (Å²) in [6.45, 7) is 3.62. The van der Waals surface area contributed by atoms with Crippen molar-refractivity contribution in [3.8, 4) is 0 Å². The normalized spacial score (nSPS) is 12.2. The van der Waals surface area contributed by atoms with Crippen LogP contribution >= 0.6 is 27.5 Å². The number of hydrogen-bond acceptors (Lipinski definition) is 4. The molecule has 0 aliphatic rings. The largest absolute Gasteiger partial charge is 0.354 e. The third-order valence-electron chi connectivity index (χ3n) is 4.82. The standard InChI is InChI=1S/C22H27BrClN3O4S/c1-4-13-25-22(29)16(2)26(14-17-9-5-7-11-19(17)24)21(28)15-27(32(3,30)31)20-12-8-6-10-18(20)23/h5-12,16H,4,13-15H2,1-3H3,(H,25,29)/t16-/m0/s1. The van der Waals surface area contributed by atoms with Crippen LogP contribution < -0.4 is 9.62 Å². The van der Waals surface area contributed by atoms with E-state index in [-0.39, 0.29) is 12.5 Å². The van der Waals surface area contributed by atoms with E-state index < -0.39 is 28.5 Å². The maximum Gasteiger partial charge on any atom is 0.244 e. The van der Waals surface area contributed by atoms with E-state index in [1.807, 2.05) is 6.92 Å². The molecule has 2 amide bonds. The van der Waals surface area contributed by atoms with Crippen molar-refractivity contribution in [1.29, 1.82) is 0 Å². The Labute approximate surface area is 202 Å². The monoisotopic (exact) mass is 543 g/mol. The molecule has 2 rings (SSSR count). The molecule has 32 heavy (non-hydrogen) atoms. The Morgan fingerprint density at radius 2 is 1.75 bits per heavy atom. The highest BCUT2D eigenvalue weighted by Crippen LogP contribution is 2.28. The zero-order valence-corrected chi connectivity index (χ0v) is 21.4. The lowest BCUT2D eigenvalue weighted by Gasteiger charge is -2.32. The number of rotatable bonds is 10. The van der Waals surface area contributed by atoms with Crippen LogP contribution in [0.4, 0.5) is 5.69 Å². The van der Waals surface area contributed by atoms with E-state index in [4.69, 9.17) is 11.6 Å². The highest BCUT2D eigenvalue weighted by molar-refractivity contribution is 9.10. The van der Waals surface area contributed by atoms with Crippen LogP contribution in [0.5, 0.6) is 0 Å². The van der Waals surface area contributed by atoms with E-state index in [0.717, 1.165) is 17.0 Å². The molecule has 0 aliphatic carbocycles. The van der Waals surface area contributed by atoms with Crippen molar-refractivity contribution < 1.29 is 18.0 Å². The smallest absolute Gasteiger partial charge is 0.244 e. The molecule has 1 atom stereocenters. The lowest BCUT2D eigenvalue weighted by molar-refractivity contribution is -0.139. The van der Waals surface area contributed by atoms with Gasteiger partial charge in [-0.1, -0.05) is 48.9 Å². The van der Waals surface area contributed by atoms with Gasteiger partial charge in [0.2, 0.25) is 21.8 Å². The van der Waals surface area contributed by atoms with Gasteiger partial charge in [-0.3, -0.25) is 13.9 Å². The molecule has 0 unspecified atom stereocenters. The number of nitrogens with zero attached hydrogens (tertiary/aromatic N) is 2. The molecule has 0 radical (unpaired) electrons. The van der Waals surface area contributed by atoms with Gasteiger partial charge < -0.3 is 10.2 Å². The van der Waals surface area contributed by atoms with Gasteiger partial charge in [0.15, 0.2) is 0 Å². The molecule has 0 fully saturated rings. The molecule has 0 aliphatic heterocycles. The summed E-state index contributed by atoms with van der Waals surface area (Å²) in [5.41, 5.74) is 0.994. The number of carbonyl (C=O) groups is 2. The third-order valence-corrected chi connectivity index (χ3v) is 6.98. The summed E-state index contributed by atoms with van der Waals surface area (Å²) in [6.07, 6.45) is 1.79. The minimum absolute atomic E-state index is 0.0623. The second-order valence-electron chi connectivity index (χ2n) is 7.30.